The summed E-state index contributed by atoms with van der Waals surface area (Å²) in [5.74, 6) is -1.46. The van der Waals surface area contributed by atoms with E-state index in [-0.39, 0.29) is 6.61 Å². The van der Waals surface area contributed by atoms with Crippen molar-refractivity contribution in [3.8, 4) is 0 Å². The molecule has 0 aromatic rings. The van der Waals surface area contributed by atoms with Gasteiger partial charge in [-0.3, -0.25) is 4.79 Å². The molecular formula is C7H13NO3. The lowest BCUT2D eigenvalue weighted by molar-refractivity contribution is -0.154. The van der Waals surface area contributed by atoms with Crippen LogP contribution in [0.2, 0.25) is 0 Å². The molecule has 0 unspecified atom stereocenters. The van der Waals surface area contributed by atoms with Gasteiger partial charge in [0, 0.05) is 6.54 Å². The first kappa shape index (κ1) is 9.94. The van der Waals surface area contributed by atoms with E-state index < -0.39 is 11.9 Å². The van der Waals surface area contributed by atoms with Crippen LogP contribution in [0.1, 0.15) is 20.3 Å². The number of carbonyl (C=O) groups excluding carboxylic acids is 2. The van der Waals surface area contributed by atoms with Crippen LogP contribution in [0.5, 0.6) is 0 Å². The minimum absolute atomic E-state index is 0.235. The Balaban J connectivity index is 3.56. The van der Waals surface area contributed by atoms with Crippen LogP contribution < -0.4 is 5.32 Å². The molecule has 64 valence electrons. The Morgan fingerprint density at radius 2 is 2.00 bits per heavy atom. The molecule has 11 heavy (non-hydrogen) atoms. The van der Waals surface area contributed by atoms with E-state index in [9.17, 15) is 9.59 Å². The van der Waals surface area contributed by atoms with Crippen LogP contribution in [0.25, 0.3) is 0 Å². The van der Waals surface area contributed by atoms with E-state index in [1.165, 1.54) is 0 Å². The highest BCUT2D eigenvalue weighted by atomic mass is 16.5. The molecule has 0 fully saturated rings. The highest BCUT2D eigenvalue weighted by molar-refractivity contribution is 6.32. The third kappa shape index (κ3) is 4.36. The minimum atomic E-state index is -0.805. The summed E-state index contributed by atoms with van der Waals surface area (Å²) in [5.41, 5.74) is 0. The van der Waals surface area contributed by atoms with Gasteiger partial charge in [0.2, 0.25) is 0 Å². The van der Waals surface area contributed by atoms with Gasteiger partial charge in [-0.05, 0) is 13.3 Å². The predicted molar refractivity (Wildman–Crippen MR) is 39.9 cm³/mol. The Kier molecular flexibility index (Phi) is 5.15. The van der Waals surface area contributed by atoms with Gasteiger partial charge in [-0.15, -0.1) is 0 Å². The molecule has 0 saturated heterocycles. The van der Waals surface area contributed by atoms with E-state index in [0.29, 0.717) is 6.54 Å². The van der Waals surface area contributed by atoms with Crippen LogP contribution >= 0.6 is 0 Å². The quantitative estimate of drug-likeness (QED) is 0.468. The third-order valence-electron chi connectivity index (χ3n) is 0.996. The van der Waals surface area contributed by atoms with Crippen molar-refractivity contribution in [3.05, 3.63) is 0 Å². The van der Waals surface area contributed by atoms with Crippen LogP contribution in [0.4, 0.5) is 0 Å². The molecule has 1 amide bonds. The van der Waals surface area contributed by atoms with E-state index in [4.69, 9.17) is 0 Å². The Morgan fingerprint density at radius 3 is 2.45 bits per heavy atom. The maximum absolute atomic E-state index is 10.7. The number of esters is 1. The lowest BCUT2D eigenvalue weighted by atomic mass is 10.4. The normalized spacial score (nSPS) is 8.91. The van der Waals surface area contributed by atoms with Gasteiger partial charge in [-0.25, -0.2) is 4.79 Å². The molecule has 0 heterocycles. The molecule has 0 bridgehead atoms. The molecule has 0 spiro atoms. The molecule has 0 saturated carbocycles. The summed E-state index contributed by atoms with van der Waals surface area (Å²) >= 11 is 0. The Labute approximate surface area is 65.9 Å². The van der Waals surface area contributed by atoms with Gasteiger partial charge in [-0.2, -0.15) is 0 Å². The number of ether oxygens (including phenoxy) is 1. The molecule has 0 aliphatic rings. The molecule has 4 heteroatoms. The zero-order valence-corrected chi connectivity index (χ0v) is 6.85. The lowest BCUT2D eigenvalue weighted by Gasteiger charge is -2.01. The van der Waals surface area contributed by atoms with Crippen LogP contribution in [-0.4, -0.2) is 25.0 Å². The van der Waals surface area contributed by atoms with Gasteiger partial charge < -0.3 is 10.1 Å². The summed E-state index contributed by atoms with van der Waals surface area (Å²) in [6.07, 6.45) is 0.811. The smallest absolute Gasteiger partial charge is 0.396 e. The summed E-state index contributed by atoms with van der Waals surface area (Å²) in [5, 5.41) is 2.40. The highest BCUT2D eigenvalue weighted by Gasteiger charge is 2.12. The summed E-state index contributed by atoms with van der Waals surface area (Å²) in [4.78, 5) is 21.3. The van der Waals surface area contributed by atoms with Crippen LogP contribution in [0.3, 0.4) is 0 Å². The second kappa shape index (κ2) is 5.70. The predicted octanol–water partition coefficient (Wildman–Crippen LogP) is 0.0757. The first-order chi connectivity index (χ1) is 5.22. The van der Waals surface area contributed by atoms with Gasteiger partial charge in [-0.1, -0.05) is 6.92 Å². The maximum atomic E-state index is 10.7. The van der Waals surface area contributed by atoms with Gasteiger partial charge >= 0.3 is 11.9 Å². The molecular weight excluding hydrogens is 146 g/mol. The van der Waals surface area contributed by atoms with Crippen molar-refractivity contribution in [2.45, 2.75) is 20.3 Å². The fraction of sp³-hybridized carbons (Fsp3) is 0.714. The van der Waals surface area contributed by atoms with E-state index >= 15 is 0 Å². The summed E-state index contributed by atoms with van der Waals surface area (Å²) in [6.45, 7) is 4.31. The van der Waals surface area contributed by atoms with Crippen molar-refractivity contribution in [2.75, 3.05) is 13.2 Å². The van der Waals surface area contributed by atoms with Crippen molar-refractivity contribution < 1.29 is 14.3 Å². The van der Waals surface area contributed by atoms with E-state index in [0.717, 1.165) is 6.42 Å². The first-order valence-corrected chi connectivity index (χ1v) is 3.67. The van der Waals surface area contributed by atoms with Gasteiger partial charge in [0.1, 0.15) is 0 Å². The number of hydrogen-bond acceptors (Lipinski definition) is 3. The monoisotopic (exact) mass is 159 g/mol. The summed E-state index contributed by atoms with van der Waals surface area (Å²) in [6, 6.07) is 0. The number of nitrogens with one attached hydrogen (secondary N) is 1. The molecule has 4 nitrogen and oxygen atoms in total. The van der Waals surface area contributed by atoms with E-state index in [2.05, 4.69) is 10.1 Å². The Bertz CT molecular complexity index is 145. The van der Waals surface area contributed by atoms with Gasteiger partial charge in [0.25, 0.3) is 0 Å². The summed E-state index contributed by atoms with van der Waals surface area (Å²) in [7, 11) is 0. The molecule has 0 aromatic heterocycles. The number of carbonyl (C=O) groups is 2. The van der Waals surface area contributed by atoms with Crippen LogP contribution in [-0.2, 0) is 14.3 Å². The fourth-order valence-corrected chi connectivity index (χ4v) is 0.507. The minimum Gasteiger partial charge on any atom is -0.459 e. The second-order valence-corrected chi connectivity index (χ2v) is 1.98. The molecule has 0 atom stereocenters. The Hall–Kier alpha value is -1.06. The SMILES string of the molecule is CCCNC(=O)C(=O)OCC. The molecule has 1 N–H and O–H groups in total. The van der Waals surface area contributed by atoms with Crippen LogP contribution in [0.15, 0.2) is 0 Å². The first-order valence-electron chi connectivity index (χ1n) is 3.67. The van der Waals surface area contributed by atoms with Crippen molar-refractivity contribution in [3.63, 3.8) is 0 Å². The number of rotatable bonds is 3. The van der Waals surface area contributed by atoms with Crippen molar-refractivity contribution >= 4 is 11.9 Å². The zero-order chi connectivity index (χ0) is 8.69. The topological polar surface area (TPSA) is 55.4 Å². The average Bonchev–Trinajstić information content (AvgIpc) is 2.00. The van der Waals surface area contributed by atoms with Gasteiger partial charge in [0.05, 0.1) is 6.61 Å². The zero-order valence-electron chi connectivity index (χ0n) is 6.85. The molecule has 0 radical (unpaired) electrons. The fourth-order valence-electron chi connectivity index (χ4n) is 0.507. The van der Waals surface area contributed by atoms with Gasteiger partial charge in [0.15, 0.2) is 0 Å². The molecule has 0 aromatic carbocycles. The van der Waals surface area contributed by atoms with E-state index in [1.807, 2.05) is 6.92 Å². The lowest BCUT2D eigenvalue weighted by Crippen LogP contribution is -2.32. The van der Waals surface area contributed by atoms with Crippen LogP contribution in [0, 0.1) is 0 Å². The number of hydrogen-bond donors (Lipinski definition) is 1. The Morgan fingerprint density at radius 1 is 1.36 bits per heavy atom. The molecule has 0 aliphatic carbocycles. The van der Waals surface area contributed by atoms with Crippen molar-refractivity contribution in [1.82, 2.24) is 5.32 Å². The average molecular weight is 159 g/mol. The van der Waals surface area contributed by atoms with Crippen molar-refractivity contribution in [2.24, 2.45) is 0 Å². The largest absolute Gasteiger partial charge is 0.459 e. The second-order valence-electron chi connectivity index (χ2n) is 1.98. The third-order valence-corrected chi connectivity index (χ3v) is 0.996. The van der Waals surface area contributed by atoms with Crippen molar-refractivity contribution in [1.29, 1.82) is 0 Å². The highest BCUT2D eigenvalue weighted by Crippen LogP contribution is 1.78. The molecule has 0 rings (SSSR count). The summed E-state index contributed by atoms with van der Waals surface area (Å²) < 4.78 is 4.45. The maximum Gasteiger partial charge on any atom is 0.396 e. The molecule has 0 aliphatic heterocycles. The number of amides is 1. The standard InChI is InChI=1S/C7H13NO3/c1-3-5-8-6(9)7(10)11-4-2/h3-5H2,1-2H3,(H,8,9). The van der Waals surface area contributed by atoms with E-state index in [1.54, 1.807) is 6.92 Å².